The molecule has 1 amide bonds. The summed E-state index contributed by atoms with van der Waals surface area (Å²) in [7, 11) is 0. The summed E-state index contributed by atoms with van der Waals surface area (Å²) in [5.41, 5.74) is 2.24. The number of rotatable bonds is 4. The van der Waals surface area contributed by atoms with Gasteiger partial charge in [-0.25, -0.2) is 4.68 Å². The second kappa shape index (κ2) is 7.10. The van der Waals surface area contributed by atoms with Crippen LogP contribution in [0, 0.1) is 0 Å². The number of amides is 1. The van der Waals surface area contributed by atoms with Crippen LogP contribution in [-0.2, 0) is 6.42 Å². The van der Waals surface area contributed by atoms with Gasteiger partial charge in [-0.15, -0.1) is 5.10 Å². The number of para-hydroxylation sites is 1. The van der Waals surface area contributed by atoms with Crippen LogP contribution < -0.4 is 9.64 Å². The molecule has 0 unspecified atom stereocenters. The summed E-state index contributed by atoms with van der Waals surface area (Å²) >= 11 is 0. The first-order valence-corrected chi connectivity index (χ1v) is 8.35. The fraction of sp³-hybridized carbons (Fsp3) is 0.222. The summed E-state index contributed by atoms with van der Waals surface area (Å²) in [5, 5.41) is 11.0. The highest BCUT2D eigenvalue weighted by Gasteiger charge is 2.28. The van der Waals surface area contributed by atoms with E-state index in [1.165, 1.54) is 22.0 Å². The number of aromatic nitrogens is 4. The number of carbonyl (C=O) groups is 1. The molecule has 0 bridgehead atoms. The monoisotopic (exact) mass is 371 g/mol. The molecule has 3 aromatic rings. The lowest BCUT2D eigenvalue weighted by Crippen LogP contribution is -2.36. The van der Waals surface area contributed by atoms with E-state index in [4.69, 9.17) is 0 Å². The largest absolute Gasteiger partial charge is 0.433 e. The number of tetrazole rings is 1. The first-order valence-electron chi connectivity index (χ1n) is 8.35. The van der Waals surface area contributed by atoms with E-state index in [0.29, 0.717) is 29.9 Å². The lowest BCUT2D eigenvalue weighted by Gasteiger charge is -2.31. The zero-order valence-electron chi connectivity index (χ0n) is 14.1. The molecule has 7 nitrogen and oxygen atoms in total. The van der Waals surface area contributed by atoms with E-state index in [0.717, 1.165) is 12.0 Å². The van der Waals surface area contributed by atoms with Gasteiger partial charge in [-0.05, 0) is 53.1 Å². The highest BCUT2D eigenvalue weighted by molar-refractivity contribution is 6.07. The van der Waals surface area contributed by atoms with Gasteiger partial charge in [-0.2, -0.15) is 8.78 Å². The molecule has 1 aliphatic rings. The van der Waals surface area contributed by atoms with Gasteiger partial charge in [0.05, 0.1) is 11.4 Å². The van der Waals surface area contributed by atoms with E-state index >= 15 is 0 Å². The second-order valence-electron chi connectivity index (χ2n) is 6.01. The highest BCUT2D eigenvalue weighted by Crippen LogP contribution is 2.38. The van der Waals surface area contributed by atoms with E-state index in [1.807, 2.05) is 6.07 Å². The standard InChI is InChI=1S/C18H15F2N5O2/c19-18(20)27-15-8-2-4-12-6-3-9-24(16(12)15)17(26)13-5-1-7-14(10-13)25-11-21-22-23-25/h1-2,4-5,7-8,10-11,18H,3,6,9H2. The van der Waals surface area contributed by atoms with Crippen LogP contribution in [0.2, 0.25) is 0 Å². The lowest BCUT2D eigenvalue weighted by molar-refractivity contribution is -0.0495. The van der Waals surface area contributed by atoms with Gasteiger partial charge < -0.3 is 9.64 Å². The third-order valence-corrected chi connectivity index (χ3v) is 4.35. The van der Waals surface area contributed by atoms with Crippen molar-refractivity contribution >= 4 is 11.6 Å². The van der Waals surface area contributed by atoms with Crippen molar-refractivity contribution in [2.75, 3.05) is 11.4 Å². The Kier molecular flexibility index (Phi) is 4.49. The molecule has 0 saturated carbocycles. The van der Waals surface area contributed by atoms with Crippen LogP contribution in [0.25, 0.3) is 5.69 Å². The van der Waals surface area contributed by atoms with E-state index in [-0.39, 0.29) is 11.7 Å². The molecule has 0 N–H and O–H groups in total. The number of fused-ring (bicyclic) bond motifs is 1. The number of ether oxygens (including phenoxy) is 1. The van der Waals surface area contributed by atoms with Crippen LogP contribution >= 0.6 is 0 Å². The maximum Gasteiger partial charge on any atom is 0.387 e. The van der Waals surface area contributed by atoms with Gasteiger partial charge in [0.2, 0.25) is 0 Å². The minimum Gasteiger partial charge on any atom is -0.433 e. The maximum absolute atomic E-state index is 13.1. The Morgan fingerprint density at radius 1 is 1.19 bits per heavy atom. The average molecular weight is 371 g/mol. The van der Waals surface area contributed by atoms with Crippen molar-refractivity contribution in [1.82, 2.24) is 20.2 Å². The Morgan fingerprint density at radius 3 is 2.81 bits per heavy atom. The minimum absolute atomic E-state index is 0.00665. The molecule has 2 aromatic carbocycles. The first-order chi connectivity index (χ1) is 13.1. The van der Waals surface area contributed by atoms with E-state index in [2.05, 4.69) is 20.3 Å². The molecule has 0 saturated heterocycles. The van der Waals surface area contributed by atoms with Gasteiger partial charge in [-0.3, -0.25) is 4.79 Å². The minimum atomic E-state index is -2.96. The third-order valence-electron chi connectivity index (χ3n) is 4.35. The Hall–Kier alpha value is -3.36. The predicted octanol–water partition coefficient (Wildman–Crippen LogP) is 2.86. The third kappa shape index (κ3) is 3.35. The smallest absolute Gasteiger partial charge is 0.387 e. The van der Waals surface area contributed by atoms with Crippen molar-refractivity contribution in [1.29, 1.82) is 0 Å². The SMILES string of the molecule is O=C(c1cccc(-n2cnnn2)c1)N1CCCc2cccc(OC(F)F)c21. The molecule has 1 aliphatic heterocycles. The molecular formula is C18H15F2N5O2. The number of halogens is 2. The summed E-state index contributed by atoms with van der Waals surface area (Å²) < 4.78 is 31.7. The summed E-state index contributed by atoms with van der Waals surface area (Å²) in [4.78, 5) is 14.6. The normalized spacial score (nSPS) is 13.5. The van der Waals surface area contributed by atoms with Crippen molar-refractivity contribution in [2.45, 2.75) is 19.5 Å². The van der Waals surface area contributed by atoms with Gasteiger partial charge in [0.15, 0.2) is 0 Å². The molecule has 0 aliphatic carbocycles. The Balaban J connectivity index is 1.71. The maximum atomic E-state index is 13.1. The number of aryl methyl sites for hydroxylation is 1. The topological polar surface area (TPSA) is 73.1 Å². The van der Waals surface area contributed by atoms with Gasteiger partial charge in [0.25, 0.3) is 5.91 Å². The van der Waals surface area contributed by atoms with Crippen molar-refractivity contribution in [3.8, 4) is 11.4 Å². The van der Waals surface area contributed by atoms with Crippen LogP contribution in [0.3, 0.4) is 0 Å². The number of alkyl halides is 2. The van der Waals surface area contributed by atoms with Crippen molar-refractivity contribution in [3.05, 3.63) is 59.9 Å². The quantitative estimate of drug-likeness (QED) is 0.705. The zero-order valence-corrected chi connectivity index (χ0v) is 14.1. The van der Waals surface area contributed by atoms with Crippen molar-refractivity contribution in [3.63, 3.8) is 0 Å². The molecule has 0 atom stereocenters. The summed E-state index contributed by atoms with van der Waals surface area (Å²) in [6, 6.07) is 11.7. The fourth-order valence-corrected chi connectivity index (χ4v) is 3.23. The van der Waals surface area contributed by atoms with E-state index < -0.39 is 6.61 Å². The predicted molar refractivity (Wildman–Crippen MR) is 92.2 cm³/mol. The first kappa shape index (κ1) is 17.1. The second-order valence-corrected chi connectivity index (χ2v) is 6.01. The summed E-state index contributed by atoms with van der Waals surface area (Å²) in [6.45, 7) is -2.54. The Morgan fingerprint density at radius 2 is 2.04 bits per heavy atom. The number of carbonyl (C=O) groups excluding carboxylic acids is 1. The molecule has 0 radical (unpaired) electrons. The zero-order chi connectivity index (χ0) is 18.8. The molecular weight excluding hydrogens is 356 g/mol. The van der Waals surface area contributed by atoms with Gasteiger partial charge in [0, 0.05) is 12.1 Å². The van der Waals surface area contributed by atoms with Crippen LogP contribution in [0.1, 0.15) is 22.3 Å². The molecule has 138 valence electrons. The van der Waals surface area contributed by atoms with E-state index in [1.54, 1.807) is 30.3 Å². The number of benzene rings is 2. The molecule has 0 fully saturated rings. The Labute approximate surface area is 153 Å². The van der Waals surface area contributed by atoms with Crippen molar-refractivity contribution < 1.29 is 18.3 Å². The number of hydrogen-bond donors (Lipinski definition) is 0. The van der Waals surface area contributed by atoms with E-state index in [9.17, 15) is 13.6 Å². The highest BCUT2D eigenvalue weighted by atomic mass is 19.3. The van der Waals surface area contributed by atoms with Crippen LogP contribution in [0.15, 0.2) is 48.8 Å². The van der Waals surface area contributed by atoms with Crippen LogP contribution in [0.4, 0.5) is 14.5 Å². The number of hydrogen-bond acceptors (Lipinski definition) is 5. The van der Waals surface area contributed by atoms with Crippen LogP contribution in [0.5, 0.6) is 5.75 Å². The average Bonchev–Trinajstić information content (AvgIpc) is 3.22. The van der Waals surface area contributed by atoms with Gasteiger partial charge in [-0.1, -0.05) is 18.2 Å². The molecule has 1 aromatic heterocycles. The Bertz CT molecular complexity index is 962. The molecule has 9 heteroatoms. The van der Waals surface area contributed by atoms with Gasteiger partial charge >= 0.3 is 6.61 Å². The summed E-state index contributed by atoms with van der Waals surface area (Å²) in [6.07, 6.45) is 2.86. The molecule has 27 heavy (non-hydrogen) atoms. The fourth-order valence-electron chi connectivity index (χ4n) is 3.23. The van der Waals surface area contributed by atoms with Gasteiger partial charge in [0.1, 0.15) is 12.1 Å². The molecule has 4 rings (SSSR count). The summed E-state index contributed by atoms with van der Waals surface area (Å²) in [5.74, 6) is -0.289. The number of nitrogens with zero attached hydrogens (tertiary/aromatic N) is 5. The molecule has 2 heterocycles. The lowest BCUT2D eigenvalue weighted by atomic mass is 10.00. The number of anilines is 1. The van der Waals surface area contributed by atoms with Crippen LogP contribution in [-0.4, -0.2) is 39.3 Å². The molecule has 0 spiro atoms. The van der Waals surface area contributed by atoms with Crippen molar-refractivity contribution in [2.24, 2.45) is 0 Å².